The van der Waals surface area contributed by atoms with E-state index in [4.69, 9.17) is 0 Å². The summed E-state index contributed by atoms with van der Waals surface area (Å²) in [4.78, 5) is 2.48. The zero-order valence-corrected chi connectivity index (χ0v) is 34.2. The van der Waals surface area contributed by atoms with Gasteiger partial charge in [-0.05, 0) is 112 Å². The maximum atomic E-state index is 2.48. The van der Waals surface area contributed by atoms with Crippen molar-refractivity contribution in [2.45, 2.75) is 19.3 Å². The molecule has 0 aliphatic heterocycles. The Kier molecular flexibility index (Phi) is 7.79. The van der Waals surface area contributed by atoms with E-state index in [1.54, 1.807) is 0 Å². The van der Waals surface area contributed by atoms with Gasteiger partial charge in [0, 0.05) is 64.7 Å². The summed E-state index contributed by atoms with van der Waals surface area (Å²) in [6, 6.07) is 76.1. The van der Waals surface area contributed by atoms with Gasteiger partial charge in [-0.15, -0.1) is 11.3 Å². The lowest BCUT2D eigenvalue weighted by atomic mass is 9.82. The van der Waals surface area contributed by atoms with Gasteiger partial charge >= 0.3 is 0 Å². The zero-order valence-electron chi connectivity index (χ0n) is 33.4. The van der Waals surface area contributed by atoms with E-state index in [0.29, 0.717) is 0 Å². The Morgan fingerprint density at radius 3 is 1.87 bits per heavy atom. The highest BCUT2D eigenvalue weighted by Gasteiger charge is 2.36. The number of benzene rings is 9. The molecule has 2 nitrogen and oxygen atoms in total. The van der Waals surface area contributed by atoms with Crippen LogP contribution in [0.3, 0.4) is 0 Å². The molecule has 0 saturated heterocycles. The van der Waals surface area contributed by atoms with Crippen molar-refractivity contribution in [1.29, 1.82) is 0 Å². The molecule has 3 heteroatoms. The number of hydrogen-bond acceptors (Lipinski definition) is 2. The number of para-hydroxylation sites is 2. The first kappa shape index (κ1) is 34.8. The maximum absolute atomic E-state index is 2.48. The van der Waals surface area contributed by atoms with Crippen molar-refractivity contribution >= 4 is 70.4 Å². The van der Waals surface area contributed by atoms with Crippen molar-refractivity contribution in [3.8, 4) is 39.1 Å². The van der Waals surface area contributed by atoms with Gasteiger partial charge in [-0.3, -0.25) is 0 Å². The monoisotopic (exact) mass is 784 g/mol. The lowest BCUT2D eigenvalue weighted by molar-refractivity contribution is 0.660. The highest BCUT2D eigenvalue weighted by molar-refractivity contribution is 7.26. The summed E-state index contributed by atoms with van der Waals surface area (Å²) in [7, 11) is 0. The number of thiophene rings is 1. The number of rotatable bonds is 6. The van der Waals surface area contributed by atoms with Crippen LogP contribution in [-0.4, -0.2) is 4.57 Å². The summed E-state index contributed by atoms with van der Waals surface area (Å²) in [5, 5.41) is 5.06. The first-order chi connectivity index (χ1) is 29.5. The van der Waals surface area contributed by atoms with E-state index >= 15 is 0 Å². The molecule has 2 aromatic heterocycles. The van der Waals surface area contributed by atoms with Crippen LogP contribution in [0.1, 0.15) is 25.0 Å². The fourth-order valence-corrected chi connectivity index (χ4v) is 11.1. The number of aromatic nitrogens is 1. The Hall–Kier alpha value is -7.20. The van der Waals surface area contributed by atoms with Crippen LogP contribution in [0.25, 0.3) is 81.0 Å². The number of anilines is 3. The molecule has 0 unspecified atom stereocenters. The fraction of sp³-hybridized carbons (Fsp3) is 0.0526. The average molecular weight is 785 g/mol. The molecule has 12 rings (SSSR count). The van der Waals surface area contributed by atoms with E-state index in [9.17, 15) is 0 Å². The van der Waals surface area contributed by atoms with E-state index in [1.807, 2.05) is 11.3 Å². The third kappa shape index (κ3) is 5.33. The lowest BCUT2D eigenvalue weighted by Gasteiger charge is -2.29. The lowest BCUT2D eigenvalue weighted by Crippen LogP contribution is -2.16. The second kappa shape index (κ2) is 13.4. The van der Waals surface area contributed by atoms with Crippen LogP contribution < -0.4 is 4.90 Å². The molecule has 1 aliphatic carbocycles. The first-order valence-corrected chi connectivity index (χ1v) is 21.6. The predicted octanol–water partition coefficient (Wildman–Crippen LogP) is 16.3. The summed E-state index contributed by atoms with van der Waals surface area (Å²) in [6.45, 7) is 4.74. The predicted molar refractivity (Wildman–Crippen MR) is 257 cm³/mol. The molecule has 1 aliphatic rings. The van der Waals surface area contributed by atoms with Gasteiger partial charge in [-0.25, -0.2) is 0 Å². The highest BCUT2D eigenvalue weighted by atomic mass is 32.1. The average Bonchev–Trinajstić information content (AvgIpc) is 3.92. The summed E-state index contributed by atoms with van der Waals surface area (Å²) in [5.41, 5.74) is 17.1. The van der Waals surface area contributed by atoms with Crippen molar-refractivity contribution < 1.29 is 0 Å². The van der Waals surface area contributed by atoms with Crippen LogP contribution in [0.4, 0.5) is 17.1 Å². The van der Waals surface area contributed by atoms with Crippen molar-refractivity contribution in [1.82, 2.24) is 4.57 Å². The Balaban J connectivity index is 1.10. The number of nitrogens with zero attached hydrogens (tertiary/aromatic N) is 2. The van der Waals surface area contributed by atoms with E-state index in [2.05, 4.69) is 230 Å². The first-order valence-electron chi connectivity index (χ1n) is 20.8. The SMILES string of the molecule is CC1(C)c2ccccc2-c2ccc(N(c3ccc(-c4ccccc4)cc3)c3cc(-c4ccc5c(c4)c4ccccc4n5-c4ccccc4)c4sc5ccccc5c4c3)cc21. The van der Waals surface area contributed by atoms with Gasteiger partial charge < -0.3 is 9.47 Å². The molecular formula is C57H40N2S. The van der Waals surface area contributed by atoms with Gasteiger partial charge in [-0.2, -0.15) is 0 Å². The zero-order chi connectivity index (χ0) is 40.0. The van der Waals surface area contributed by atoms with E-state index in [0.717, 1.165) is 17.1 Å². The molecular weight excluding hydrogens is 745 g/mol. The number of fused-ring (bicyclic) bond motifs is 9. The normalized spacial score (nSPS) is 13.0. The molecule has 9 aromatic carbocycles. The third-order valence-electron chi connectivity index (χ3n) is 12.8. The van der Waals surface area contributed by atoms with Crippen molar-refractivity contribution in [2.75, 3.05) is 4.90 Å². The molecule has 11 aromatic rings. The van der Waals surface area contributed by atoms with Crippen LogP contribution in [0.5, 0.6) is 0 Å². The van der Waals surface area contributed by atoms with Crippen LogP contribution >= 0.6 is 11.3 Å². The van der Waals surface area contributed by atoms with E-state index < -0.39 is 0 Å². The molecule has 0 radical (unpaired) electrons. The van der Waals surface area contributed by atoms with Gasteiger partial charge in [0.1, 0.15) is 0 Å². The van der Waals surface area contributed by atoms with Crippen LogP contribution in [0.15, 0.2) is 206 Å². The second-order valence-electron chi connectivity index (χ2n) is 16.5. The molecule has 0 fully saturated rings. The van der Waals surface area contributed by atoms with Gasteiger partial charge in [-0.1, -0.05) is 147 Å². The van der Waals surface area contributed by atoms with Crippen molar-refractivity contribution in [3.05, 3.63) is 217 Å². The van der Waals surface area contributed by atoms with Gasteiger partial charge in [0.2, 0.25) is 0 Å². The topological polar surface area (TPSA) is 8.17 Å². The Bertz CT molecular complexity index is 3450. The van der Waals surface area contributed by atoms with Crippen molar-refractivity contribution in [3.63, 3.8) is 0 Å². The molecule has 0 amide bonds. The fourth-order valence-electron chi connectivity index (χ4n) is 9.86. The summed E-state index contributed by atoms with van der Waals surface area (Å²) < 4.78 is 4.99. The van der Waals surface area contributed by atoms with Crippen LogP contribution in [-0.2, 0) is 5.41 Å². The van der Waals surface area contributed by atoms with E-state index in [-0.39, 0.29) is 5.41 Å². The highest BCUT2D eigenvalue weighted by Crippen LogP contribution is 2.52. The quantitative estimate of drug-likeness (QED) is 0.163. The van der Waals surface area contributed by atoms with Gasteiger partial charge in [0.25, 0.3) is 0 Å². The summed E-state index contributed by atoms with van der Waals surface area (Å²) in [6.07, 6.45) is 0. The molecule has 284 valence electrons. The second-order valence-corrected chi connectivity index (χ2v) is 17.6. The minimum absolute atomic E-state index is 0.127. The molecule has 60 heavy (non-hydrogen) atoms. The number of hydrogen-bond donors (Lipinski definition) is 0. The Morgan fingerprint density at radius 2 is 1.03 bits per heavy atom. The smallest absolute Gasteiger partial charge is 0.0541 e. The molecule has 0 atom stereocenters. The van der Waals surface area contributed by atoms with Gasteiger partial charge in [0.15, 0.2) is 0 Å². The summed E-state index contributed by atoms with van der Waals surface area (Å²) >= 11 is 1.89. The largest absolute Gasteiger partial charge is 0.310 e. The van der Waals surface area contributed by atoms with Crippen molar-refractivity contribution in [2.24, 2.45) is 0 Å². The van der Waals surface area contributed by atoms with Crippen LogP contribution in [0, 0.1) is 0 Å². The Labute approximate surface area is 353 Å². The minimum Gasteiger partial charge on any atom is -0.310 e. The third-order valence-corrected chi connectivity index (χ3v) is 14.0. The molecule has 0 saturated carbocycles. The van der Waals surface area contributed by atoms with Crippen LogP contribution in [0.2, 0.25) is 0 Å². The molecule has 0 N–H and O–H groups in total. The van der Waals surface area contributed by atoms with E-state index in [1.165, 1.54) is 92.2 Å². The Morgan fingerprint density at radius 1 is 0.400 bits per heavy atom. The molecule has 0 bridgehead atoms. The molecule has 2 heterocycles. The van der Waals surface area contributed by atoms with Gasteiger partial charge in [0.05, 0.1) is 11.0 Å². The maximum Gasteiger partial charge on any atom is 0.0541 e. The molecule has 0 spiro atoms. The standard InChI is InChI=1S/C57H40N2S/c1-57(2)51-22-12-9-19-44(51)45-31-30-42(36-52(45)57)58(41-28-25-38(26-29-41)37-15-5-3-6-16-37)43-34-48(56-50(35-43)47-21-11-14-24-55(47)60-56)39-27-32-54-49(33-39)46-20-10-13-23-53(46)59(54)40-17-7-4-8-18-40/h3-36H,1-2H3. The minimum atomic E-state index is -0.127. The summed E-state index contributed by atoms with van der Waals surface area (Å²) in [5.74, 6) is 0.